The summed E-state index contributed by atoms with van der Waals surface area (Å²) in [6.45, 7) is 5.80. The fraction of sp³-hybridized carbons (Fsp3) is 0.240. The van der Waals surface area contributed by atoms with Crippen molar-refractivity contribution in [2.24, 2.45) is 0 Å². The lowest BCUT2D eigenvalue weighted by molar-refractivity contribution is 0.0940. The zero-order valence-corrected chi connectivity index (χ0v) is 19.8. The SMILES string of the molecule is COc1ccc(NS(=O)(=O)c2ccc(C(=O)NC(C)c3ccc(OC(C)C)cc3)cc2)cc1. The first kappa shape index (κ1) is 24.1. The summed E-state index contributed by atoms with van der Waals surface area (Å²) >= 11 is 0. The van der Waals surface area contributed by atoms with Gasteiger partial charge in [-0.05, 0) is 87.0 Å². The first-order chi connectivity index (χ1) is 15.7. The number of carbonyl (C=O) groups excluding carboxylic acids is 1. The molecule has 174 valence electrons. The molecule has 2 N–H and O–H groups in total. The van der Waals surface area contributed by atoms with E-state index >= 15 is 0 Å². The minimum absolute atomic E-state index is 0.0589. The van der Waals surface area contributed by atoms with Crippen LogP contribution < -0.4 is 19.5 Å². The van der Waals surface area contributed by atoms with E-state index in [1.807, 2.05) is 45.0 Å². The van der Waals surface area contributed by atoms with Crippen LogP contribution in [0.25, 0.3) is 0 Å². The van der Waals surface area contributed by atoms with E-state index in [9.17, 15) is 13.2 Å². The summed E-state index contributed by atoms with van der Waals surface area (Å²) in [4.78, 5) is 12.7. The van der Waals surface area contributed by atoms with Gasteiger partial charge in [-0.1, -0.05) is 12.1 Å². The molecule has 0 fully saturated rings. The molecule has 0 aliphatic rings. The van der Waals surface area contributed by atoms with E-state index in [1.54, 1.807) is 24.3 Å². The van der Waals surface area contributed by atoms with Gasteiger partial charge in [-0.3, -0.25) is 9.52 Å². The van der Waals surface area contributed by atoms with Gasteiger partial charge in [0.05, 0.1) is 24.2 Å². The second-order valence-electron chi connectivity index (χ2n) is 7.79. The molecule has 7 nitrogen and oxygen atoms in total. The average molecular weight is 469 g/mol. The van der Waals surface area contributed by atoms with Crippen LogP contribution in [0.3, 0.4) is 0 Å². The minimum atomic E-state index is -3.79. The van der Waals surface area contributed by atoms with Crippen LogP contribution in [0.5, 0.6) is 11.5 Å². The average Bonchev–Trinajstić information content (AvgIpc) is 2.79. The van der Waals surface area contributed by atoms with Crippen molar-refractivity contribution in [3.8, 4) is 11.5 Å². The molecular formula is C25H28N2O5S. The molecule has 3 aromatic carbocycles. The van der Waals surface area contributed by atoms with E-state index < -0.39 is 10.0 Å². The molecule has 0 bridgehead atoms. The highest BCUT2D eigenvalue weighted by molar-refractivity contribution is 7.92. The first-order valence-electron chi connectivity index (χ1n) is 10.5. The van der Waals surface area contributed by atoms with Gasteiger partial charge in [-0.25, -0.2) is 8.42 Å². The smallest absolute Gasteiger partial charge is 0.261 e. The summed E-state index contributed by atoms with van der Waals surface area (Å²) < 4.78 is 38.5. The van der Waals surface area contributed by atoms with Gasteiger partial charge in [0.15, 0.2) is 0 Å². The van der Waals surface area contributed by atoms with Gasteiger partial charge in [0, 0.05) is 11.3 Å². The Hall–Kier alpha value is -3.52. The number of amides is 1. The summed E-state index contributed by atoms with van der Waals surface area (Å²) in [7, 11) is -2.25. The van der Waals surface area contributed by atoms with Crippen molar-refractivity contribution < 1.29 is 22.7 Å². The van der Waals surface area contributed by atoms with Crippen LogP contribution >= 0.6 is 0 Å². The van der Waals surface area contributed by atoms with Gasteiger partial charge in [-0.15, -0.1) is 0 Å². The molecule has 0 saturated carbocycles. The molecule has 8 heteroatoms. The molecule has 1 amide bonds. The Morgan fingerprint density at radius 1 is 0.818 bits per heavy atom. The molecule has 0 aliphatic carbocycles. The Bertz CT molecular complexity index is 1170. The Morgan fingerprint density at radius 3 is 1.94 bits per heavy atom. The second kappa shape index (κ2) is 10.4. The summed E-state index contributed by atoms with van der Waals surface area (Å²) in [5.41, 5.74) is 1.71. The van der Waals surface area contributed by atoms with E-state index in [2.05, 4.69) is 10.0 Å². The number of nitrogens with one attached hydrogen (secondary N) is 2. The third kappa shape index (κ3) is 6.49. The largest absolute Gasteiger partial charge is 0.497 e. The molecule has 1 atom stereocenters. The summed E-state index contributed by atoms with van der Waals surface area (Å²) in [5.74, 6) is 1.10. The van der Waals surface area contributed by atoms with Crippen molar-refractivity contribution in [2.75, 3.05) is 11.8 Å². The van der Waals surface area contributed by atoms with Gasteiger partial charge in [-0.2, -0.15) is 0 Å². The van der Waals surface area contributed by atoms with Crippen molar-refractivity contribution in [1.82, 2.24) is 5.32 Å². The number of benzene rings is 3. The van der Waals surface area contributed by atoms with Crippen LogP contribution in [0.1, 0.15) is 42.7 Å². The maximum absolute atomic E-state index is 12.6. The fourth-order valence-electron chi connectivity index (χ4n) is 3.13. The zero-order chi connectivity index (χ0) is 24.0. The van der Waals surface area contributed by atoms with Crippen molar-refractivity contribution in [3.63, 3.8) is 0 Å². The molecule has 33 heavy (non-hydrogen) atoms. The number of ether oxygens (including phenoxy) is 2. The standard InChI is InChI=1S/C25H28N2O5S/c1-17(2)32-23-11-5-19(6-12-23)18(3)26-25(28)20-7-15-24(16-8-20)33(29,30)27-21-9-13-22(31-4)14-10-21/h5-18,27H,1-4H3,(H,26,28). The van der Waals surface area contributed by atoms with Crippen LogP contribution in [0.4, 0.5) is 5.69 Å². The van der Waals surface area contributed by atoms with Crippen molar-refractivity contribution in [2.45, 2.75) is 37.8 Å². The normalized spacial score (nSPS) is 12.2. The minimum Gasteiger partial charge on any atom is -0.497 e. The lowest BCUT2D eigenvalue weighted by Gasteiger charge is -2.16. The summed E-state index contributed by atoms with van der Waals surface area (Å²) in [6.07, 6.45) is 0.0890. The van der Waals surface area contributed by atoms with Crippen molar-refractivity contribution >= 4 is 21.6 Å². The maximum Gasteiger partial charge on any atom is 0.261 e. The molecule has 0 aliphatic heterocycles. The third-order valence-corrected chi connectivity index (χ3v) is 6.27. The Kier molecular flexibility index (Phi) is 7.60. The van der Waals surface area contributed by atoms with E-state index in [0.717, 1.165) is 11.3 Å². The molecule has 0 spiro atoms. The van der Waals surface area contributed by atoms with Gasteiger partial charge < -0.3 is 14.8 Å². The van der Waals surface area contributed by atoms with E-state index in [4.69, 9.17) is 9.47 Å². The second-order valence-corrected chi connectivity index (χ2v) is 9.47. The number of carbonyl (C=O) groups is 1. The van der Waals surface area contributed by atoms with Gasteiger partial charge in [0.25, 0.3) is 15.9 Å². The number of methoxy groups -OCH3 is 1. The molecule has 0 aromatic heterocycles. The Morgan fingerprint density at radius 2 is 1.39 bits per heavy atom. The van der Waals surface area contributed by atoms with E-state index in [0.29, 0.717) is 17.0 Å². The lowest BCUT2D eigenvalue weighted by atomic mass is 10.1. The zero-order valence-electron chi connectivity index (χ0n) is 19.0. The van der Waals surface area contributed by atoms with E-state index in [1.165, 1.54) is 31.4 Å². The van der Waals surface area contributed by atoms with Crippen molar-refractivity contribution in [1.29, 1.82) is 0 Å². The number of hydrogen-bond donors (Lipinski definition) is 2. The topological polar surface area (TPSA) is 93.7 Å². The quantitative estimate of drug-likeness (QED) is 0.472. The third-order valence-electron chi connectivity index (χ3n) is 4.87. The van der Waals surface area contributed by atoms with Gasteiger partial charge in [0.1, 0.15) is 11.5 Å². The first-order valence-corrected chi connectivity index (χ1v) is 12.0. The summed E-state index contributed by atoms with van der Waals surface area (Å²) in [5, 5.41) is 2.92. The van der Waals surface area contributed by atoms with Crippen LogP contribution in [0.15, 0.2) is 77.7 Å². The number of anilines is 1. The van der Waals surface area contributed by atoms with Crippen LogP contribution in [-0.4, -0.2) is 27.5 Å². The van der Waals surface area contributed by atoms with Crippen molar-refractivity contribution in [3.05, 3.63) is 83.9 Å². The fourth-order valence-corrected chi connectivity index (χ4v) is 4.19. The predicted molar refractivity (Wildman–Crippen MR) is 128 cm³/mol. The molecule has 1 unspecified atom stereocenters. The molecule has 0 radical (unpaired) electrons. The summed E-state index contributed by atoms with van der Waals surface area (Å²) in [6, 6.07) is 19.7. The highest BCUT2D eigenvalue weighted by atomic mass is 32.2. The van der Waals surface area contributed by atoms with Crippen LogP contribution in [-0.2, 0) is 10.0 Å². The molecular weight excluding hydrogens is 440 g/mol. The Balaban J connectivity index is 1.64. The molecule has 3 rings (SSSR count). The van der Waals surface area contributed by atoms with Gasteiger partial charge >= 0.3 is 0 Å². The maximum atomic E-state index is 12.6. The highest BCUT2D eigenvalue weighted by Gasteiger charge is 2.17. The van der Waals surface area contributed by atoms with Gasteiger partial charge in [0.2, 0.25) is 0 Å². The van der Waals surface area contributed by atoms with Crippen LogP contribution in [0.2, 0.25) is 0 Å². The molecule has 3 aromatic rings. The van der Waals surface area contributed by atoms with E-state index in [-0.39, 0.29) is 22.9 Å². The molecule has 0 heterocycles. The molecule has 0 saturated heterocycles. The number of hydrogen-bond acceptors (Lipinski definition) is 5. The number of rotatable bonds is 9. The Labute approximate surface area is 194 Å². The highest BCUT2D eigenvalue weighted by Crippen LogP contribution is 2.21. The lowest BCUT2D eigenvalue weighted by Crippen LogP contribution is -2.26. The predicted octanol–water partition coefficient (Wildman–Crippen LogP) is 4.77. The number of sulfonamides is 1. The monoisotopic (exact) mass is 468 g/mol. The van der Waals surface area contributed by atoms with Crippen LogP contribution in [0, 0.1) is 0 Å².